The van der Waals surface area contributed by atoms with Gasteiger partial charge in [-0.05, 0) is 43.0 Å². The number of anilines is 1. The zero-order valence-electron chi connectivity index (χ0n) is 12.0. The minimum absolute atomic E-state index is 0.373. The Hall–Kier alpha value is -0.940. The van der Waals surface area contributed by atoms with Gasteiger partial charge in [0.1, 0.15) is 6.54 Å². The summed E-state index contributed by atoms with van der Waals surface area (Å²) in [4.78, 5) is 1.39. The largest absolute Gasteiger partial charge is 0.405 e. The molecule has 0 heterocycles. The summed E-state index contributed by atoms with van der Waals surface area (Å²) >= 11 is 5.99. The average molecular weight is 321 g/mol. The molecule has 0 radical (unpaired) electrons. The molecule has 1 N–H and O–H groups in total. The number of hydrogen-bond donors (Lipinski definition) is 1. The van der Waals surface area contributed by atoms with Crippen LogP contribution < -0.4 is 10.2 Å². The number of alkyl halides is 3. The van der Waals surface area contributed by atoms with Gasteiger partial charge in [0.2, 0.25) is 0 Å². The average Bonchev–Trinajstić information content (AvgIpc) is 3.18. The molecule has 1 aliphatic rings. The quantitative estimate of drug-likeness (QED) is 0.802. The molecular weight excluding hydrogens is 301 g/mol. The highest BCUT2D eigenvalue weighted by molar-refractivity contribution is 6.30. The van der Waals surface area contributed by atoms with Crippen molar-refractivity contribution >= 4 is 17.3 Å². The Balaban J connectivity index is 2.19. The third kappa shape index (κ3) is 5.40. The van der Waals surface area contributed by atoms with Crippen molar-refractivity contribution in [1.29, 1.82) is 0 Å². The van der Waals surface area contributed by atoms with Gasteiger partial charge in [0, 0.05) is 29.8 Å². The summed E-state index contributed by atoms with van der Waals surface area (Å²) < 4.78 is 38.3. The van der Waals surface area contributed by atoms with E-state index in [1.807, 2.05) is 6.92 Å². The number of hydrogen-bond acceptors (Lipinski definition) is 2. The van der Waals surface area contributed by atoms with Gasteiger partial charge >= 0.3 is 6.18 Å². The highest BCUT2D eigenvalue weighted by Gasteiger charge is 2.31. The first-order chi connectivity index (χ1) is 9.89. The number of rotatable bonds is 7. The molecule has 0 bridgehead atoms. The first-order valence-corrected chi connectivity index (χ1v) is 7.60. The zero-order chi connectivity index (χ0) is 15.5. The number of nitrogens with one attached hydrogen (secondary N) is 1. The Morgan fingerprint density at radius 1 is 1.33 bits per heavy atom. The molecule has 0 amide bonds. The molecule has 2 rings (SSSR count). The van der Waals surface area contributed by atoms with Gasteiger partial charge in [-0.1, -0.05) is 18.5 Å². The molecule has 1 fully saturated rings. The molecule has 0 aromatic heterocycles. The van der Waals surface area contributed by atoms with Gasteiger partial charge in [-0.2, -0.15) is 13.2 Å². The molecule has 21 heavy (non-hydrogen) atoms. The monoisotopic (exact) mass is 320 g/mol. The van der Waals surface area contributed by atoms with Crippen LogP contribution in [-0.4, -0.2) is 25.3 Å². The molecule has 0 aliphatic heterocycles. The minimum Gasteiger partial charge on any atom is -0.362 e. The van der Waals surface area contributed by atoms with E-state index >= 15 is 0 Å². The zero-order valence-corrected chi connectivity index (χ0v) is 12.8. The fourth-order valence-corrected chi connectivity index (χ4v) is 2.51. The van der Waals surface area contributed by atoms with Crippen LogP contribution in [0.15, 0.2) is 18.2 Å². The van der Waals surface area contributed by atoms with Gasteiger partial charge in [-0.15, -0.1) is 0 Å². The molecule has 2 nitrogen and oxygen atoms in total. The third-order valence-electron chi connectivity index (χ3n) is 3.40. The predicted octanol–water partition coefficient (Wildman–Crippen LogP) is 4.37. The van der Waals surface area contributed by atoms with Crippen LogP contribution in [0, 0.1) is 0 Å². The van der Waals surface area contributed by atoms with E-state index in [0.717, 1.165) is 18.4 Å². The smallest absolute Gasteiger partial charge is 0.362 e. The maximum absolute atomic E-state index is 12.8. The van der Waals surface area contributed by atoms with E-state index in [9.17, 15) is 13.2 Å². The van der Waals surface area contributed by atoms with Crippen LogP contribution in [0.5, 0.6) is 0 Å². The van der Waals surface area contributed by atoms with Crippen LogP contribution in [0.4, 0.5) is 18.9 Å². The van der Waals surface area contributed by atoms with Crippen LogP contribution in [-0.2, 0) is 6.54 Å². The summed E-state index contributed by atoms with van der Waals surface area (Å²) in [6, 6.07) is 5.59. The van der Waals surface area contributed by atoms with Crippen molar-refractivity contribution in [3.8, 4) is 0 Å². The second kappa shape index (κ2) is 6.88. The topological polar surface area (TPSA) is 15.3 Å². The van der Waals surface area contributed by atoms with Crippen LogP contribution in [0.1, 0.15) is 31.7 Å². The van der Waals surface area contributed by atoms with E-state index in [1.54, 1.807) is 18.2 Å². The Morgan fingerprint density at radius 2 is 2.05 bits per heavy atom. The molecule has 0 unspecified atom stereocenters. The van der Waals surface area contributed by atoms with Gasteiger partial charge in [0.25, 0.3) is 0 Å². The summed E-state index contributed by atoms with van der Waals surface area (Å²) in [5.74, 6) is 0. The van der Waals surface area contributed by atoms with Crippen LogP contribution in [0.3, 0.4) is 0 Å². The minimum atomic E-state index is -4.21. The Morgan fingerprint density at radius 3 is 2.62 bits per heavy atom. The molecule has 118 valence electrons. The fourth-order valence-electron chi connectivity index (χ4n) is 2.32. The van der Waals surface area contributed by atoms with Crippen molar-refractivity contribution in [2.75, 3.05) is 18.0 Å². The van der Waals surface area contributed by atoms with Crippen molar-refractivity contribution in [2.24, 2.45) is 0 Å². The Bertz CT molecular complexity index is 472. The summed E-state index contributed by atoms with van der Waals surface area (Å²) in [5.41, 5.74) is 1.44. The number of benzene rings is 1. The van der Waals surface area contributed by atoms with E-state index in [-0.39, 0.29) is 0 Å². The van der Waals surface area contributed by atoms with E-state index in [2.05, 4.69) is 5.32 Å². The lowest BCUT2D eigenvalue weighted by Gasteiger charge is -2.28. The Labute approximate surface area is 128 Å². The van der Waals surface area contributed by atoms with Gasteiger partial charge < -0.3 is 10.2 Å². The first kappa shape index (κ1) is 16.4. The highest BCUT2D eigenvalue weighted by atomic mass is 35.5. The Kier molecular flexibility index (Phi) is 5.38. The second-order valence-corrected chi connectivity index (χ2v) is 5.90. The SMILES string of the molecule is CCCN(CC(F)(F)F)c1ccc(Cl)cc1CNC1CC1. The standard InChI is InChI=1S/C15H20ClF3N2/c1-2-7-21(10-15(17,18)19)14-6-3-12(16)8-11(14)9-20-13-4-5-13/h3,6,8,13,20H,2,4-5,7,9-10H2,1H3. The van der Waals surface area contributed by atoms with E-state index in [0.29, 0.717) is 36.3 Å². The lowest BCUT2D eigenvalue weighted by atomic mass is 10.1. The van der Waals surface area contributed by atoms with Crippen molar-refractivity contribution < 1.29 is 13.2 Å². The predicted molar refractivity (Wildman–Crippen MR) is 79.9 cm³/mol. The molecule has 0 spiro atoms. The normalized spacial score (nSPS) is 15.3. The van der Waals surface area contributed by atoms with Gasteiger partial charge in [0.05, 0.1) is 0 Å². The lowest BCUT2D eigenvalue weighted by molar-refractivity contribution is -0.119. The first-order valence-electron chi connectivity index (χ1n) is 7.22. The van der Waals surface area contributed by atoms with Crippen LogP contribution in [0.2, 0.25) is 5.02 Å². The highest BCUT2D eigenvalue weighted by Crippen LogP contribution is 2.29. The molecule has 1 aromatic carbocycles. The summed E-state index contributed by atoms with van der Waals surface area (Å²) in [7, 11) is 0. The van der Waals surface area contributed by atoms with E-state index in [1.165, 1.54) is 4.90 Å². The number of halogens is 4. The van der Waals surface area contributed by atoms with Gasteiger partial charge in [-0.25, -0.2) is 0 Å². The summed E-state index contributed by atoms with van der Waals surface area (Å²) in [5, 5.41) is 3.88. The molecule has 1 aromatic rings. The molecular formula is C15H20ClF3N2. The molecule has 0 saturated heterocycles. The maximum Gasteiger partial charge on any atom is 0.405 e. The third-order valence-corrected chi connectivity index (χ3v) is 3.64. The van der Waals surface area contributed by atoms with Crippen molar-refractivity contribution in [2.45, 2.75) is 44.9 Å². The van der Waals surface area contributed by atoms with Crippen molar-refractivity contribution in [1.82, 2.24) is 5.32 Å². The molecule has 1 saturated carbocycles. The fraction of sp³-hybridized carbons (Fsp3) is 0.600. The number of nitrogens with zero attached hydrogens (tertiary/aromatic N) is 1. The molecule has 6 heteroatoms. The van der Waals surface area contributed by atoms with Crippen molar-refractivity contribution in [3.63, 3.8) is 0 Å². The molecule has 1 aliphatic carbocycles. The van der Waals surface area contributed by atoms with Crippen LogP contribution >= 0.6 is 11.6 Å². The van der Waals surface area contributed by atoms with Crippen LogP contribution in [0.25, 0.3) is 0 Å². The van der Waals surface area contributed by atoms with E-state index < -0.39 is 12.7 Å². The van der Waals surface area contributed by atoms with Crippen molar-refractivity contribution in [3.05, 3.63) is 28.8 Å². The summed E-state index contributed by atoms with van der Waals surface area (Å²) in [6.07, 6.45) is -1.28. The second-order valence-electron chi connectivity index (χ2n) is 5.46. The lowest BCUT2D eigenvalue weighted by Crippen LogP contribution is -2.35. The van der Waals surface area contributed by atoms with Gasteiger partial charge in [0.15, 0.2) is 0 Å². The van der Waals surface area contributed by atoms with Gasteiger partial charge in [-0.3, -0.25) is 0 Å². The molecule has 0 atom stereocenters. The van der Waals surface area contributed by atoms with E-state index in [4.69, 9.17) is 11.6 Å². The summed E-state index contributed by atoms with van der Waals surface area (Å²) in [6.45, 7) is 1.87. The maximum atomic E-state index is 12.8.